The molecule has 0 radical (unpaired) electrons. The van der Waals surface area contributed by atoms with Gasteiger partial charge in [0.05, 0.1) is 6.61 Å². The van der Waals surface area contributed by atoms with Gasteiger partial charge in [-0.05, 0) is 24.1 Å². The topological polar surface area (TPSA) is 73.6 Å². The lowest BCUT2D eigenvalue weighted by Crippen LogP contribution is -2.32. The van der Waals surface area contributed by atoms with E-state index < -0.39 is 5.91 Å². The molecule has 0 aromatic heterocycles. The van der Waals surface area contributed by atoms with Crippen molar-refractivity contribution in [3.05, 3.63) is 29.8 Å². The van der Waals surface area contributed by atoms with Gasteiger partial charge < -0.3 is 20.5 Å². The molecule has 0 aliphatic rings. The summed E-state index contributed by atoms with van der Waals surface area (Å²) in [5, 5.41) is 3.47. The highest BCUT2D eigenvalue weighted by Gasteiger charge is 2.06. The molecule has 1 atom stereocenters. The highest BCUT2D eigenvalue weighted by atomic mass is 16.5. The zero-order valence-electron chi connectivity index (χ0n) is 12.2. The zero-order chi connectivity index (χ0) is 14.8. The highest BCUT2D eigenvalue weighted by molar-refractivity contribution is 5.75. The summed E-state index contributed by atoms with van der Waals surface area (Å²) in [7, 11) is 1.72. The number of amides is 1. The van der Waals surface area contributed by atoms with E-state index in [9.17, 15) is 4.79 Å². The van der Waals surface area contributed by atoms with Crippen LogP contribution >= 0.6 is 0 Å². The predicted molar refractivity (Wildman–Crippen MR) is 78.5 cm³/mol. The zero-order valence-corrected chi connectivity index (χ0v) is 12.2. The van der Waals surface area contributed by atoms with Crippen LogP contribution in [0.15, 0.2) is 24.3 Å². The molecule has 0 saturated heterocycles. The Morgan fingerprint density at radius 2 is 2.05 bits per heavy atom. The first-order valence-corrected chi connectivity index (χ1v) is 6.88. The van der Waals surface area contributed by atoms with Gasteiger partial charge in [0.1, 0.15) is 5.75 Å². The molecule has 1 rings (SSSR count). The van der Waals surface area contributed by atoms with E-state index >= 15 is 0 Å². The van der Waals surface area contributed by atoms with Crippen molar-refractivity contribution in [3.63, 3.8) is 0 Å². The summed E-state index contributed by atoms with van der Waals surface area (Å²) < 4.78 is 10.4. The van der Waals surface area contributed by atoms with Crippen LogP contribution in [0.25, 0.3) is 0 Å². The van der Waals surface area contributed by atoms with Crippen LogP contribution in [0.5, 0.6) is 5.75 Å². The van der Waals surface area contributed by atoms with Crippen LogP contribution in [0.3, 0.4) is 0 Å². The van der Waals surface area contributed by atoms with Crippen molar-refractivity contribution in [2.75, 3.05) is 20.3 Å². The summed E-state index contributed by atoms with van der Waals surface area (Å²) in [6, 6.07) is 7.99. The molecule has 5 nitrogen and oxygen atoms in total. The molecule has 112 valence electrons. The molecular weight excluding hydrogens is 256 g/mol. The highest BCUT2D eigenvalue weighted by Crippen LogP contribution is 2.12. The van der Waals surface area contributed by atoms with Crippen LogP contribution in [0.4, 0.5) is 0 Å². The minimum Gasteiger partial charge on any atom is -0.484 e. The summed E-state index contributed by atoms with van der Waals surface area (Å²) in [4.78, 5) is 10.6. The summed E-state index contributed by atoms with van der Waals surface area (Å²) in [6.07, 6.45) is 2.22. The Bertz CT molecular complexity index is 387. The third kappa shape index (κ3) is 6.54. The van der Waals surface area contributed by atoms with E-state index in [1.165, 1.54) is 0 Å². The van der Waals surface area contributed by atoms with E-state index in [0.717, 1.165) is 24.9 Å². The number of benzene rings is 1. The first-order valence-electron chi connectivity index (χ1n) is 6.88. The summed E-state index contributed by atoms with van der Waals surface area (Å²) in [5.74, 6) is 0.173. The molecule has 5 heteroatoms. The Morgan fingerprint density at radius 3 is 2.60 bits per heavy atom. The fraction of sp³-hybridized carbons (Fsp3) is 0.533. The number of nitrogens with one attached hydrogen (secondary N) is 1. The summed E-state index contributed by atoms with van der Waals surface area (Å²) >= 11 is 0. The van der Waals surface area contributed by atoms with Gasteiger partial charge in [0.2, 0.25) is 0 Å². The molecule has 0 aliphatic carbocycles. The molecule has 1 aromatic carbocycles. The molecule has 1 aromatic rings. The fourth-order valence-corrected chi connectivity index (χ4v) is 1.91. The van der Waals surface area contributed by atoms with Gasteiger partial charge in [0.25, 0.3) is 5.91 Å². The lowest BCUT2D eigenvalue weighted by Gasteiger charge is -2.17. The summed E-state index contributed by atoms with van der Waals surface area (Å²) in [6.45, 7) is 3.57. The molecule has 0 bridgehead atoms. The number of ether oxygens (including phenoxy) is 2. The van der Waals surface area contributed by atoms with Crippen molar-refractivity contribution in [3.8, 4) is 5.75 Å². The van der Waals surface area contributed by atoms with Crippen LogP contribution in [-0.4, -0.2) is 32.3 Å². The van der Waals surface area contributed by atoms with E-state index in [1.807, 2.05) is 24.3 Å². The second-order valence-electron chi connectivity index (χ2n) is 4.72. The standard InChI is InChI=1S/C15H24N2O3/c1-3-4-13(10-19-2)17-9-12-5-7-14(8-6-12)20-11-15(16)18/h5-8,13,17H,3-4,9-11H2,1-2H3,(H2,16,18). The van der Waals surface area contributed by atoms with Crippen LogP contribution < -0.4 is 15.8 Å². The largest absolute Gasteiger partial charge is 0.484 e. The van der Waals surface area contributed by atoms with E-state index in [-0.39, 0.29) is 6.61 Å². The minimum absolute atomic E-state index is 0.0932. The lowest BCUT2D eigenvalue weighted by molar-refractivity contribution is -0.119. The number of rotatable bonds is 10. The van der Waals surface area contributed by atoms with Crippen molar-refractivity contribution in [2.45, 2.75) is 32.4 Å². The van der Waals surface area contributed by atoms with Gasteiger partial charge in [-0.1, -0.05) is 25.5 Å². The number of carbonyl (C=O) groups is 1. The van der Waals surface area contributed by atoms with Gasteiger partial charge >= 0.3 is 0 Å². The maximum atomic E-state index is 10.6. The maximum Gasteiger partial charge on any atom is 0.255 e. The van der Waals surface area contributed by atoms with Gasteiger partial charge in [-0.15, -0.1) is 0 Å². The number of hydrogen-bond acceptors (Lipinski definition) is 4. The third-order valence-electron chi connectivity index (χ3n) is 2.90. The Kier molecular flexibility index (Phi) is 7.69. The first kappa shape index (κ1) is 16.5. The molecule has 0 fully saturated rings. The monoisotopic (exact) mass is 280 g/mol. The van der Waals surface area contributed by atoms with Gasteiger partial charge in [0.15, 0.2) is 6.61 Å². The van der Waals surface area contributed by atoms with E-state index in [0.29, 0.717) is 18.4 Å². The molecule has 1 amide bonds. The molecule has 20 heavy (non-hydrogen) atoms. The van der Waals surface area contributed by atoms with Crippen molar-refractivity contribution >= 4 is 5.91 Å². The van der Waals surface area contributed by atoms with Crippen molar-refractivity contribution < 1.29 is 14.3 Å². The number of methoxy groups -OCH3 is 1. The lowest BCUT2D eigenvalue weighted by atomic mass is 10.1. The van der Waals surface area contributed by atoms with Crippen molar-refractivity contribution in [1.82, 2.24) is 5.32 Å². The first-order chi connectivity index (χ1) is 9.65. The Morgan fingerprint density at radius 1 is 1.35 bits per heavy atom. The SMILES string of the molecule is CCCC(COC)NCc1ccc(OCC(N)=O)cc1. The minimum atomic E-state index is -0.474. The van der Waals surface area contributed by atoms with E-state index in [4.69, 9.17) is 15.2 Å². The Balaban J connectivity index is 2.41. The molecule has 0 spiro atoms. The normalized spacial score (nSPS) is 12.1. The molecule has 3 N–H and O–H groups in total. The number of nitrogens with two attached hydrogens (primary N) is 1. The average Bonchev–Trinajstić information content (AvgIpc) is 2.44. The quantitative estimate of drug-likeness (QED) is 0.680. The fourth-order valence-electron chi connectivity index (χ4n) is 1.91. The van der Waals surface area contributed by atoms with E-state index in [1.54, 1.807) is 7.11 Å². The van der Waals surface area contributed by atoms with Crippen molar-refractivity contribution in [1.29, 1.82) is 0 Å². The van der Waals surface area contributed by atoms with Crippen LogP contribution in [-0.2, 0) is 16.1 Å². The third-order valence-corrected chi connectivity index (χ3v) is 2.90. The Hall–Kier alpha value is -1.59. The van der Waals surface area contributed by atoms with Gasteiger partial charge in [-0.2, -0.15) is 0 Å². The van der Waals surface area contributed by atoms with Crippen LogP contribution in [0.2, 0.25) is 0 Å². The van der Waals surface area contributed by atoms with Gasteiger partial charge in [0, 0.05) is 19.7 Å². The number of hydrogen-bond donors (Lipinski definition) is 2. The molecule has 0 heterocycles. The van der Waals surface area contributed by atoms with E-state index in [2.05, 4.69) is 12.2 Å². The Labute approximate surface area is 120 Å². The van der Waals surface area contributed by atoms with Gasteiger partial charge in [-0.25, -0.2) is 0 Å². The second-order valence-corrected chi connectivity index (χ2v) is 4.72. The summed E-state index contributed by atoms with van der Waals surface area (Å²) in [5.41, 5.74) is 6.18. The van der Waals surface area contributed by atoms with Gasteiger partial charge in [-0.3, -0.25) is 4.79 Å². The molecule has 0 aliphatic heterocycles. The second kappa shape index (κ2) is 9.34. The number of primary amides is 1. The smallest absolute Gasteiger partial charge is 0.255 e. The maximum absolute atomic E-state index is 10.6. The molecular formula is C15H24N2O3. The molecule has 1 unspecified atom stereocenters. The average molecular weight is 280 g/mol. The predicted octanol–water partition coefficient (Wildman–Crippen LogP) is 1.46. The number of carbonyl (C=O) groups excluding carboxylic acids is 1. The molecule has 0 saturated carbocycles. The van der Waals surface area contributed by atoms with Crippen molar-refractivity contribution in [2.24, 2.45) is 5.73 Å². The van der Waals surface area contributed by atoms with Crippen LogP contribution in [0.1, 0.15) is 25.3 Å². The van der Waals surface area contributed by atoms with Crippen LogP contribution in [0, 0.1) is 0 Å².